The van der Waals surface area contributed by atoms with Crippen LogP contribution in [0, 0.1) is 0 Å². The summed E-state index contributed by atoms with van der Waals surface area (Å²) in [6, 6.07) is 11.6. The summed E-state index contributed by atoms with van der Waals surface area (Å²) >= 11 is 6.28. The first-order valence-electron chi connectivity index (χ1n) is 7.89. The standard InChI is InChI=1S/C19H18ClN3O3/c1-25-15-6-5-13(12-16(15)26-2)18(23-11-3-4-17(23)20)19(24)22-14-7-9-21-10-8-14/h3-12,18H,1-2H3,(H,21,22,24). The maximum absolute atomic E-state index is 13.0. The lowest BCUT2D eigenvalue weighted by Crippen LogP contribution is -2.26. The molecule has 6 nitrogen and oxygen atoms in total. The van der Waals surface area contributed by atoms with Gasteiger partial charge in [0.2, 0.25) is 0 Å². The first-order valence-corrected chi connectivity index (χ1v) is 8.27. The minimum atomic E-state index is -0.675. The average molecular weight is 372 g/mol. The van der Waals surface area contributed by atoms with E-state index in [1.807, 2.05) is 6.07 Å². The highest BCUT2D eigenvalue weighted by atomic mass is 35.5. The van der Waals surface area contributed by atoms with Gasteiger partial charge >= 0.3 is 0 Å². The van der Waals surface area contributed by atoms with Gasteiger partial charge in [-0.1, -0.05) is 17.7 Å². The molecule has 1 unspecified atom stereocenters. The van der Waals surface area contributed by atoms with Crippen molar-refractivity contribution in [1.29, 1.82) is 0 Å². The van der Waals surface area contributed by atoms with Crippen LogP contribution in [0.4, 0.5) is 5.69 Å². The molecular weight excluding hydrogens is 354 g/mol. The third-order valence-electron chi connectivity index (χ3n) is 3.92. The molecule has 0 saturated carbocycles. The van der Waals surface area contributed by atoms with E-state index in [-0.39, 0.29) is 5.91 Å². The number of hydrogen-bond donors (Lipinski definition) is 1. The van der Waals surface area contributed by atoms with Crippen molar-refractivity contribution >= 4 is 23.2 Å². The Labute approximate surface area is 156 Å². The smallest absolute Gasteiger partial charge is 0.252 e. The summed E-state index contributed by atoms with van der Waals surface area (Å²) < 4.78 is 12.3. The van der Waals surface area contributed by atoms with Crippen LogP contribution in [0.15, 0.2) is 61.1 Å². The number of halogens is 1. The molecule has 0 fully saturated rings. The van der Waals surface area contributed by atoms with Crippen LogP contribution < -0.4 is 14.8 Å². The number of nitrogens with one attached hydrogen (secondary N) is 1. The van der Waals surface area contributed by atoms with Gasteiger partial charge in [-0.15, -0.1) is 0 Å². The van der Waals surface area contributed by atoms with Gasteiger partial charge in [0.25, 0.3) is 5.91 Å². The molecule has 0 aliphatic carbocycles. The van der Waals surface area contributed by atoms with Crippen molar-refractivity contribution in [3.63, 3.8) is 0 Å². The Morgan fingerprint density at radius 1 is 1.12 bits per heavy atom. The molecule has 3 rings (SSSR count). The number of benzene rings is 1. The molecule has 0 aliphatic heterocycles. The molecule has 26 heavy (non-hydrogen) atoms. The van der Waals surface area contributed by atoms with E-state index in [9.17, 15) is 4.79 Å². The number of rotatable bonds is 6. The molecule has 2 heterocycles. The van der Waals surface area contributed by atoms with Crippen LogP contribution >= 0.6 is 11.6 Å². The minimum absolute atomic E-state index is 0.235. The van der Waals surface area contributed by atoms with Gasteiger partial charge in [0.05, 0.1) is 14.2 Å². The van der Waals surface area contributed by atoms with Crippen molar-refractivity contribution in [1.82, 2.24) is 9.55 Å². The van der Waals surface area contributed by atoms with Gasteiger partial charge in [-0.2, -0.15) is 0 Å². The van der Waals surface area contributed by atoms with Crippen LogP contribution in [0.1, 0.15) is 11.6 Å². The summed E-state index contributed by atoms with van der Waals surface area (Å²) in [7, 11) is 3.12. The third-order valence-corrected chi connectivity index (χ3v) is 4.25. The Bertz CT molecular complexity index is 896. The van der Waals surface area contributed by atoms with Crippen LogP contribution in [-0.2, 0) is 4.79 Å². The zero-order chi connectivity index (χ0) is 18.5. The summed E-state index contributed by atoms with van der Waals surface area (Å²) in [4.78, 5) is 17.0. The van der Waals surface area contributed by atoms with E-state index >= 15 is 0 Å². The number of carbonyl (C=O) groups excluding carboxylic acids is 1. The minimum Gasteiger partial charge on any atom is -0.493 e. The summed E-state index contributed by atoms with van der Waals surface area (Å²) in [6.45, 7) is 0. The van der Waals surface area contributed by atoms with Gasteiger partial charge in [-0.05, 0) is 42.0 Å². The zero-order valence-electron chi connectivity index (χ0n) is 14.3. The molecule has 1 atom stereocenters. The highest BCUT2D eigenvalue weighted by Gasteiger charge is 2.25. The Balaban J connectivity index is 2.02. The summed E-state index contributed by atoms with van der Waals surface area (Å²) in [5, 5.41) is 3.34. The molecule has 134 valence electrons. The summed E-state index contributed by atoms with van der Waals surface area (Å²) in [5.74, 6) is 0.889. The van der Waals surface area contributed by atoms with Gasteiger partial charge in [-0.3, -0.25) is 9.78 Å². The molecule has 1 amide bonds. The Morgan fingerprint density at radius 3 is 2.46 bits per heavy atom. The molecule has 2 aromatic heterocycles. The average Bonchev–Trinajstić information content (AvgIpc) is 3.08. The highest BCUT2D eigenvalue weighted by molar-refractivity contribution is 6.29. The number of ether oxygens (including phenoxy) is 2. The maximum atomic E-state index is 13.0. The normalized spacial score (nSPS) is 11.7. The molecular formula is C19H18ClN3O3. The number of methoxy groups -OCH3 is 2. The largest absolute Gasteiger partial charge is 0.493 e. The molecule has 0 radical (unpaired) electrons. The molecule has 1 aromatic carbocycles. The molecule has 3 aromatic rings. The van der Waals surface area contributed by atoms with Gasteiger partial charge in [0.15, 0.2) is 11.5 Å². The number of carbonyl (C=O) groups is 1. The van der Waals surface area contributed by atoms with Crippen molar-refractivity contribution < 1.29 is 14.3 Å². The summed E-state index contributed by atoms with van der Waals surface area (Å²) in [5.41, 5.74) is 1.37. The monoisotopic (exact) mass is 371 g/mol. The van der Waals surface area contributed by atoms with Crippen LogP contribution in [0.5, 0.6) is 11.5 Å². The number of aromatic nitrogens is 2. The fraction of sp³-hybridized carbons (Fsp3) is 0.158. The van der Waals surface area contributed by atoms with Crippen molar-refractivity contribution in [2.75, 3.05) is 19.5 Å². The second-order valence-corrected chi connectivity index (χ2v) is 5.87. The number of anilines is 1. The van der Waals surface area contributed by atoms with E-state index in [0.29, 0.717) is 27.9 Å². The Kier molecular flexibility index (Phi) is 5.43. The molecule has 0 bridgehead atoms. The van der Waals surface area contributed by atoms with Crippen LogP contribution in [0.3, 0.4) is 0 Å². The quantitative estimate of drug-likeness (QED) is 0.716. The van der Waals surface area contributed by atoms with Gasteiger partial charge < -0.3 is 19.4 Å². The Hall–Kier alpha value is -2.99. The first kappa shape index (κ1) is 17.8. The predicted molar refractivity (Wildman–Crippen MR) is 100.0 cm³/mol. The molecule has 0 spiro atoms. The van der Waals surface area contributed by atoms with E-state index in [1.54, 1.807) is 73.8 Å². The van der Waals surface area contributed by atoms with Crippen LogP contribution in [-0.4, -0.2) is 29.7 Å². The van der Waals surface area contributed by atoms with Crippen molar-refractivity contribution in [3.05, 3.63) is 71.8 Å². The van der Waals surface area contributed by atoms with Gasteiger partial charge in [0, 0.05) is 24.3 Å². The number of nitrogens with zero attached hydrogens (tertiary/aromatic N) is 2. The number of amides is 1. The molecule has 0 saturated heterocycles. The summed E-state index contributed by atoms with van der Waals surface area (Å²) in [6.07, 6.45) is 4.99. The fourth-order valence-electron chi connectivity index (χ4n) is 2.69. The van der Waals surface area contributed by atoms with E-state index in [1.165, 1.54) is 0 Å². The lowest BCUT2D eigenvalue weighted by Gasteiger charge is -2.21. The molecule has 1 N–H and O–H groups in total. The highest BCUT2D eigenvalue weighted by Crippen LogP contribution is 2.33. The maximum Gasteiger partial charge on any atom is 0.252 e. The lowest BCUT2D eigenvalue weighted by molar-refractivity contribution is -0.118. The second kappa shape index (κ2) is 7.93. The van der Waals surface area contributed by atoms with Crippen LogP contribution in [0.2, 0.25) is 5.15 Å². The van der Waals surface area contributed by atoms with Crippen molar-refractivity contribution in [3.8, 4) is 11.5 Å². The fourth-order valence-corrected chi connectivity index (χ4v) is 2.92. The van der Waals surface area contributed by atoms with E-state index in [2.05, 4.69) is 10.3 Å². The Morgan fingerprint density at radius 2 is 1.85 bits per heavy atom. The van der Waals surface area contributed by atoms with E-state index in [0.717, 1.165) is 0 Å². The zero-order valence-corrected chi connectivity index (χ0v) is 15.1. The lowest BCUT2D eigenvalue weighted by atomic mass is 10.0. The van der Waals surface area contributed by atoms with Crippen molar-refractivity contribution in [2.45, 2.75) is 6.04 Å². The van der Waals surface area contributed by atoms with Crippen LogP contribution in [0.25, 0.3) is 0 Å². The van der Waals surface area contributed by atoms with E-state index < -0.39 is 6.04 Å². The second-order valence-electron chi connectivity index (χ2n) is 5.48. The number of hydrogen-bond acceptors (Lipinski definition) is 4. The topological polar surface area (TPSA) is 65.4 Å². The first-order chi connectivity index (χ1) is 12.6. The molecule has 0 aliphatic rings. The van der Waals surface area contributed by atoms with Gasteiger partial charge in [-0.25, -0.2) is 0 Å². The SMILES string of the molecule is COc1ccc(C(C(=O)Nc2ccncc2)n2cccc2Cl)cc1OC. The predicted octanol–water partition coefficient (Wildman–Crippen LogP) is 3.78. The third kappa shape index (κ3) is 3.65. The molecule has 7 heteroatoms. The van der Waals surface area contributed by atoms with E-state index in [4.69, 9.17) is 21.1 Å². The van der Waals surface area contributed by atoms with Crippen molar-refractivity contribution in [2.24, 2.45) is 0 Å². The van der Waals surface area contributed by atoms with Gasteiger partial charge in [0.1, 0.15) is 11.2 Å². The number of pyridine rings is 1.